The van der Waals surface area contributed by atoms with Gasteiger partial charge in [0, 0.05) is 32.2 Å². The van der Waals surface area contributed by atoms with Crippen molar-refractivity contribution in [1.29, 1.82) is 0 Å². The molecule has 1 aliphatic heterocycles. The van der Waals surface area contributed by atoms with E-state index in [0.717, 1.165) is 24.3 Å². The maximum atomic E-state index is 4.32. The lowest BCUT2D eigenvalue weighted by atomic mass is 9.97. The van der Waals surface area contributed by atoms with Gasteiger partial charge in [-0.05, 0) is 51.5 Å². The topological polar surface area (TPSA) is 39.7 Å². The number of nitrogens with one attached hydrogen (secondary N) is 2. The van der Waals surface area contributed by atoms with Crippen LogP contribution in [0.25, 0.3) is 0 Å². The van der Waals surface area contributed by atoms with Crippen LogP contribution in [0, 0.1) is 11.8 Å². The molecule has 1 saturated carbocycles. The van der Waals surface area contributed by atoms with E-state index in [-0.39, 0.29) is 0 Å². The van der Waals surface area contributed by atoms with Crippen LogP contribution in [0.2, 0.25) is 0 Å². The van der Waals surface area contributed by atoms with E-state index in [0.29, 0.717) is 12.1 Å². The van der Waals surface area contributed by atoms with E-state index in [4.69, 9.17) is 0 Å². The first kappa shape index (κ1) is 14.6. The summed E-state index contributed by atoms with van der Waals surface area (Å²) >= 11 is 0. The number of nitrogens with zero attached hydrogens (tertiary/aromatic N) is 2. The smallest absolute Gasteiger partial charge is 0.191 e. The first-order valence-corrected chi connectivity index (χ1v) is 7.81. The van der Waals surface area contributed by atoms with Crippen molar-refractivity contribution in [2.45, 2.75) is 52.1 Å². The first-order chi connectivity index (χ1) is 9.10. The quantitative estimate of drug-likeness (QED) is 0.601. The Morgan fingerprint density at radius 2 is 2.16 bits per heavy atom. The summed E-state index contributed by atoms with van der Waals surface area (Å²) in [6, 6.07) is 1.32. The third-order valence-electron chi connectivity index (χ3n) is 4.49. The van der Waals surface area contributed by atoms with Crippen molar-refractivity contribution < 1.29 is 0 Å². The monoisotopic (exact) mass is 266 g/mol. The van der Waals surface area contributed by atoms with Crippen molar-refractivity contribution in [3.63, 3.8) is 0 Å². The Kier molecular flexibility index (Phi) is 5.08. The highest BCUT2D eigenvalue weighted by atomic mass is 15.2. The number of aliphatic imine (C=N–C) groups is 1. The Hall–Kier alpha value is -0.770. The lowest BCUT2D eigenvalue weighted by Crippen LogP contribution is -2.46. The summed E-state index contributed by atoms with van der Waals surface area (Å²) in [4.78, 5) is 6.91. The number of hydrogen-bond acceptors (Lipinski definition) is 2. The summed E-state index contributed by atoms with van der Waals surface area (Å²) in [5, 5.41) is 6.99. The molecule has 0 aromatic rings. The molecule has 2 fully saturated rings. The van der Waals surface area contributed by atoms with E-state index in [9.17, 15) is 0 Å². The molecule has 1 heterocycles. The zero-order valence-electron chi connectivity index (χ0n) is 12.9. The fraction of sp³-hybridized carbons (Fsp3) is 0.933. The van der Waals surface area contributed by atoms with Crippen LogP contribution < -0.4 is 10.6 Å². The van der Waals surface area contributed by atoms with Gasteiger partial charge < -0.3 is 15.5 Å². The predicted molar refractivity (Wildman–Crippen MR) is 81.5 cm³/mol. The van der Waals surface area contributed by atoms with E-state index < -0.39 is 0 Å². The van der Waals surface area contributed by atoms with Crippen LogP contribution >= 0.6 is 0 Å². The van der Waals surface area contributed by atoms with Crippen LogP contribution in [-0.4, -0.2) is 49.6 Å². The molecular weight excluding hydrogens is 236 g/mol. The summed E-state index contributed by atoms with van der Waals surface area (Å²) in [6.45, 7) is 10.4. The van der Waals surface area contributed by atoms with Crippen molar-refractivity contribution in [2.75, 3.05) is 26.7 Å². The van der Waals surface area contributed by atoms with Gasteiger partial charge in [-0.1, -0.05) is 6.92 Å². The van der Waals surface area contributed by atoms with Crippen LogP contribution in [-0.2, 0) is 0 Å². The van der Waals surface area contributed by atoms with Crippen molar-refractivity contribution >= 4 is 5.96 Å². The molecule has 0 aromatic carbocycles. The average Bonchev–Trinajstić information content (AvgIpc) is 3.10. The number of guanidine groups is 1. The van der Waals surface area contributed by atoms with Crippen LogP contribution in [0.4, 0.5) is 0 Å². The minimum Gasteiger partial charge on any atom is -0.356 e. The normalized spacial score (nSPS) is 32.5. The molecule has 1 saturated heterocycles. The summed E-state index contributed by atoms with van der Waals surface area (Å²) in [5.74, 6) is 2.55. The molecule has 110 valence electrons. The molecule has 0 aromatic heterocycles. The van der Waals surface area contributed by atoms with E-state index in [1.165, 1.54) is 32.4 Å². The van der Waals surface area contributed by atoms with Crippen LogP contribution in [0.3, 0.4) is 0 Å². The maximum absolute atomic E-state index is 4.32. The Bertz CT molecular complexity index is 313. The molecule has 2 N–H and O–H groups in total. The average molecular weight is 266 g/mol. The van der Waals surface area contributed by atoms with Gasteiger partial charge in [0.15, 0.2) is 5.96 Å². The largest absolute Gasteiger partial charge is 0.356 e. The SMILES string of the molecule is CN=C(NCC1CCCN(C(C)C)C1)NC1CC1C. The van der Waals surface area contributed by atoms with Gasteiger partial charge in [-0.3, -0.25) is 4.99 Å². The fourth-order valence-electron chi connectivity index (χ4n) is 2.87. The minimum atomic E-state index is 0.643. The second-order valence-corrected chi connectivity index (χ2v) is 6.51. The predicted octanol–water partition coefficient (Wildman–Crippen LogP) is 1.68. The molecule has 3 unspecified atom stereocenters. The standard InChI is InChI=1S/C15H30N4/c1-11(2)19-7-5-6-13(10-19)9-17-15(16-4)18-14-8-12(14)3/h11-14H,5-10H2,1-4H3,(H2,16,17,18). The van der Waals surface area contributed by atoms with E-state index >= 15 is 0 Å². The maximum Gasteiger partial charge on any atom is 0.191 e. The molecule has 1 aliphatic carbocycles. The molecular formula is C15H30N4. The molecule has 0 spiro atoms. The van der Waals surface area contributed by atoms with Crippen LogP contribution in [0.1, 0.15) is 40.0 Å². The highest BCUT2D eigenvalue weighted by Gasteiger charge is 2.33. The summed E-state index contributed by atoms with van der Waals surface area (Å²) < 4.78 is 0. The fourth-order valence-corrected chi connectivity index (χ4v) is 2.87. The Balaban J connectivity index is 1.71. The molecule has 2 rings (SSSR count). The lowest BCUT2D eigenvalue weighted by Gasteiger charge is -2.35. The van der Waals surface area contributed by atoms with Gasteiger partial charge in [0.05, 0.1) is 0 Å². The molecule has 3 atom stereocenters. The molecule has 19 heavy (non-hydrogen) atoms. The van der Waals surface area contributed by atoms with Gasteiger partial charge in [0.25, 0.3) is 0 Å². The van der Waals surface area contributed by atoms with E-state index in [1.54, 1.807) is 0 Å². The first-order valence-electron chi connectivity index (χ1n) is 7.81. The molecule has 2 aliphatic rings. The Labute approximate surface area is 118 Å². The number of likely N-dealkylation sites (tertiary alicyclic amines) is 1. The van der Waals surface area contributed by atoms with Crippen molar-refractivity contribution in [1.82, 2.24) is 15.5 Å². The van der Waals surface area contributed by atoms with Crippen LogP contribution in [0.5, 0.6) is 0 Å². The zero-order valence-corrected chi connectivity index (χ0v) is 12.9. The van der Waals surface area contributed by atoms with Gasteiger partial charge in [-0.25, -0.2) is 0 Å². The third kappa shape index (κ3) is 4.37. The second kappa shape index (κ2) is 6.60. The lowest BCUT2D eigenvalue weighted by molar-refractivity contribution is 0.141. The molecule has 0 amide bonds. The zero-order chi connectivity index (χ0) is 13.8. The van der Waals surface area contributed by atoms with Crippen molar-refractivity contribution in [3.05, 3.63) is 0 Å². The van der Waals surface area contributed by atoms with Crippen molar-refractivity contribution in [3.8, 4) is 0 Å². The highest BCUT2D eigenvalue weighted by molar-refractivity contribution is 5.80. The van der Waals surface area contributed by atoms with Crippen molar-refractivity contribution in [2.24, 2.45) is 16.8 Å². The number of rotatable bonds is 4. The molecule has 4 heteroatoms. The van der Waals surface area contributed by atoms with Crippen LogP contribution in [0.15, 0.2) is 4.99 Å². The minimum absolute atomic E-state index is 0.643. The summed E-state index contributed by atoms with van der Waals surface area (Å²) in [5.41, 5.74) is 0. The second-order valence-electron chi connectivity index (χ2n) is 6.51. The van der Waals surface area contributed by atoms with Gasteiger partial charge in [0.1, 0.15) is 0 Å². The van der Waals surface area contributed by atoms with E-state index in [1.807, 2.05) is 7.05 Å². The summed E-state index contributed by atoms with van der Waals surface area (Å²) in [7, 11) is 1.86. The van der Waals surface area contributed by atoms with Gasteiger partial charge in [0.2, 0.25) is 0 Å². The Morgan fingerprint density at radius 1 is 1.42 bits per heavy atom. The van der Waals surface area contributed by atoms with Gasteiger partial charge in [-0.15, -0.1) is 0 Å². The number of piperidine rings is 1. The Morgan fingerprint density at radius 3 is 2.74 bits per heavy atom. The molecule has 0 bridgehead atoms. The third-order valence-corrected chi connectivity index (χ3v) is 4.49. The van der Waals surface area contributed by atoms with Gasteiger partial charge in [-0.2, -0.15) is 0 Å². The van der Waals surface area contributed by atoms with E-state index in [2.05, 4.69) is 41.3 Å². The van der Waals surface area contributed by atoms with Gasteiger partial charge >= 0.3 is 0 Å². The summed E-state index contributed by atoms with van der Waals surface area (Å²) in [6.07, 6.45) is 3.95. The number of hydrogen-bond donors (Lipinski definition) is 2. The molecule has 0 radical (unpaired) electrons. The molecule has 4 nitrogen and oxygen atoms in total. The highest BCUT2D eigenvalue weighted by Crippen LogP contribution is 2.28.